The first-order valence-electron chi connectivity index (χ1n) is 10.5. The highest BCUT2D eigenvalue weighted by molar-refractivity contribution is 5.95. The molecule has 8 nitrogen and oxygen atoms in total. The van der Waals surface area contributed by atoms with Crippen LogP contribution in [0.3, 0.4) is 0 Å². The SMILES string of the molecule is CCN(c1ccc(C(=O)NNC(=O)C2CCN(c3ncccn3)CC2)cc1)C(C)C. The van der Waals surface area contributed by atoms with Crippen molar-refractivity contribution in [3.8, 4) is 0 Å². The second-order valence-corrected chi connectivity index (χ2v) is 7.68. The minimum Gasteiger partial charge on any atom is -0.369 e. The summed E-state index contributed by atoms with van der Waals surface area (Å²) in [6, 6.07) is 9.59. The van der Waals surface area contributed by atoms with Crippen molar-refractivity contribution in [2.75, 3.05) is 29.4 Å². The third-order valence-electron chi connectivity index (χ3n) is 5.43. The number of nitrogens with zero attached hydrogens (tertiary/aromatic N) is 4. The van der Waals surface area contributed by atoms with Crippen LogP contribution in [0.5, 0.6) is 0 Å². The van der Waals surface area contributed by atoms with Gasteiger partial charge in [0.05, 0.1) is 0 Å². The molecule has 1 aliphatic heterocycles. The Morgan fingerprint density at radius 2 is 1.73 bits per heavy atom. The van der Waals surface area contributed by atoms with Crippen LogP contribution >= 0.6 is 0 Å². The maximum Gasteiger partial charge on any atom is 0.269 e. The van der Waals surface area contributed by atoms with Gasteiger partial charge in [0.1, 0.15) is 0 Å². The summed E-state index contributed by atoms with van der Waals surface area (Å²) in [6.07, 6.45) is 4.81. The largest absolute Gasteiger partial charge is 0.369 e. The number of amides is 2. The molecule has 1 aliphatic rings. The molecule has 3 rings (SSSR count). The molecule has 30 heavy (non-hydrogen) atoms. The van der Waals surface area contributed by atoms with Gasteiger partial charge in [0.2, 0.25) is 11.9 Å². The summed E-state index contributed by atoms with van der Waals surface area (Å²) < 4.78 is 0. The van der Waals surface area contributed by atoms with Gasteiger partial charge in [-0.15, -0.1) is 0 Å². The van der Waals surface area contributed by atoms with Crippen LogP contribution in [0, 0.1) is 5.92 Å². The number of piperidine rings is 1. The maximum absolute atomic E-state index is 12.5. The Balaban J connectivity index is 1.47. The lowest BCUT2D eigenvalue weighted by Crippen LogP contribution is -2.47. The third-order valence-corrected chi connectivity index (χ3v) is 5.43. The molecule has 0 bridgehead atoms. The molecule has 2 aromatic rings. The summed E-state index contributed by atoms with van der Waals surface area (Å²) >= 11 is 0. The Hall–Kier alpha value is -3.16. The highest BCUT2D eigenvalue weighted by Crippen LogP contribution is 2.20. The third kappa shape index (κ3) is 5.25. The topological polar surface area (TPSA) is 90.5 Å². The molecule has 1 saturated heterocycles. The fraction of sp³-hybridized carbons (Fsp3) is 0.455. The number of rotatable bonds is 6. The van der Waals surface area contributed by atoms with E-state index in [-0.39, 0.29) is 17.7 Å². The summed E-state index contributed by atoms with van der Waals surface area (Å²) in [5.41, 5.74) is 6.69. The summed E-state index contributed by atoms with van der Waals surface area (Å²) in [7, 11) is 0. The zero-order chi connectivity index (χ0) is 21.5. The summed E-state index contributed by atoms with van der Waals surface area (Å²) in [5, 5.41) is 0. The van der Waals surface area contributed by atoms with Gasteiger partial charge in [-0.2, -0.15) is 0 Å². The number of carbonyl (C=O) groups is 2. The van der Waals surface area contributed by atoms with E-state index in [4.69, 9.17) is 0 Å². The molecule has 0 unspecified atom stereocenters. The lowest BCUT2D eigenvalue weighted by molar-refractivity contribution is -0.126. The molecule has 0 saturated carbocycles. The molecule has 2 N–H and O–H groups in total. The number of aromatic nitrogens is 2. The highest BCUT2D eigenvalue weighted by atomic mass is 16.2. The van der Waals surface area contributed by atoms with Gasteiger partial charge in [0.25, 0.3) is 5.91 Å². The number of hydrazine groups is 1. The molecule has 1 aromatic heterocycles. The lowest BCUT2D eigenvalue weighted by Gasteiger charge is -2.31. The Bertz CT molecular complexity index is 832. The zero-order valence-electron chi connectivity index (χ0n) is 17.8. The van der Waals surface area contributed by atoms with Gasteiger partial charge in [-0.1, -0.05) is 0 Å². The minimum absolute atomic E-state index is 0.142. The predicted molar refractivity (Wildman–Crippen MR) is 117 cm³/mol. The fourth-order valence-corrected chi connectivity index (χ4v) is 3.74. The number of nitrogens with one attached hydrogen (secondary N) is 2. The molecule has 2 amide bonds. The molecule has 0 radical (unpaired) electrons. The van der Waals surface area contributed by atoms with Gasteiger partial charge in [-0.05, 0) is 63.9 Å². The molecule has 8 heteroatoms. The van der Waals surface area contributed by atoms with Crippen molar-refractivity contribution in [1.29, 1.82) is 0 Å². The Labute approximate surface area is 177 Å². The first-order valence-corrected chi connectivity index (χ1v) is 10.5. The van der Waals surface area contributed by atoms with E-state index in [1.165, 1.54) is 0 Å². The van der Waals surface area contributed by atoms with Crippen LogP contribution in [0.1, 0.15) is 44.0 Å². The lowest BCUT2D eigenvalue weighted by atomic mass is 9.96. The van der Waals surface area contributed by atoms with E-state index in [0.717, 1.165) is 12.2 Å². The van der Waals surface area contributed by atoms with Crippen molar-refractivity contribution >= 4 is 23.5 Å². The monoisotopic (exact) mass is 410 g/mol. The van der Waals surface area contributed by atoms with Crippen LogP contribution in [0.25, 0.3) is 0 Å². The second-order valence-electron chi connectivity index (χ2n) is 7.68. The van der Waals surface area contributed by atoms with Crippen molar-refractivity contribution in [2.45, 2.75) is 39.7 Å². The first-order chi connectivity index (χ1) is 14.5. The zero-order valence-corrected chi connectivity index (χ0v) is 17.8. The predicted octanol–water partition coefficient (Wildman–Crippen LogP) is 2.39. The standard InChI is InChI=1S/C22H30N6O2/c1-4-28(16(2)3)19-8-6-17(7-9-19)20(29)25-26-21(30)18-10-14-27(15-11-18)22-23-12-5-13-24-22/h5-9,12-13,16,18H,4,10-11,14-15H2,1-3H3,(H,25,29)(H,26,30). The molecular weight excluding hydrogens is 380 g/mol. The first kappa shape index (κ1) is 21.5. The van der Waals surface area contributed by atoms with Crippen LogP contribution in [0.15, 0.2) is 42.7 Å². The Kier molecular flexibility index (Phi) is 7.21. The average Bonchev–Trinajstić information content (AvgIpc) is 2.78. The van der Waals surface area contributed by atoms with Gasteiger partial charge in [-0.25, -0.2) is 9.97 Å². The van der Waals surface area contributed by atoms with Crippen LogP contribution < -0.4 is 20.7 Å². The van der Waals surface area contributed by atoms with Crippen molar-refractivity contribution < 1.29 is 9.59 Å². The molecule has 0 aliphatic carbocycles. The van der Waals surface area contributed by atoms with Gasteiger partial charge >= 0.3 is 0 Å². The van der Waals surface area contributed by atoms with Crippen LogP contribution in [-0.2, 0) is 4.79 Å². The van der Waals surface area contributed by atoms with Crippen molar-refractivity contribution in [3.05, 3.63) is 48.3 Å². The molecular formula is C22H30N6O2. The highest BCUT2D eigenvalue weighted by Gasteiger charge is 2.26. The van der Waals surface area contributed by atoms with Crippen molar-refractivity contribution in [3.63, 3.8) is 0 Å². The Morgan fingerprint density at radius 3 is 2.30 bits per heavy atom. The summed E-state index contributed by atoms with van der Waals surface area (Å²) in [5.74, 6) is 0.0622. The molecule has 1 aromatic carbocycles. The molecule has 0 spiro atoms. The molecule has 0 atom stereocenters. The van der Waals surface area contributed by atoms with E-state index in [2.05, 4.69) is 51.4 Å². The summed E-state index contributed by atoms with van der Waals surface area (Å²) in [4.78, 5) is 37.7. The van der Waals surface area contributed by atoms with Gasteiger partial charge in [-0.3, -0.25) is 20.4 Å². The molecule has 2 heterocycles. The van der Waals surface area contributed by atoms with E-state index < -0.39 is 0 Å². The van der Waals surface area contributed by atoms with E-state index >= 15 is 0 Å². The number of carbonyl (C=O) groups excluding carboxylic acids is 2. The van der Waals surface area contributed by atoms with Crippen LogP contribution in [0.2, 0.25) is 0 Å². The number of benzene rings is 1. The molecule has 160 valence electrons. The van der Waals surface area contributed by atoms with E-state index in [1.807, 2.05) is 12.1 Å². The number of hydrogen-bond donors (Lipinski definition) is 2. The fourth-order valence-electron chi connectivity index (χ4n) is 3.74. The van der Waals surface area contributed by atoms with Gasteiger partial charge in [0.15, 0.2) is 0 Å². The Morgan fingerprint density at radius 1 is 1.10 bits per heavy atom. The molecule has 1 fully saturated rings. The smallest absolute Gasteiger partial charge is 0.269 e. The average molecular weight is 411 g/mol. The van der Waals surface area contributed by atoms with Crippen LogP contribution in [-0.4, -0.2) is 47.5 Å². The second kappa shape index (κ2) is 10.0. The number of hydrogen-bond acceptors (Lipinski definition) is 6. The quantitative estimate of drug-likeness (QED) is 0.711. The van der Waals surface area contributed by atoms with E-state index in [9.17, 15) is 9.59 Å². The minimum atomic E-state index is -0.322. The van der Waals surface area contributed by atoms with Gasteiger partial charge < -0.3 is 9.80 Å². The summed E-state index contributed by atoms with van der Waals surface area (Å²) in [6.45, 7) is 8.69. The van der Waals surface area contributed by atoms with Gasteiger partial charge in [0, 0.05) is 55.2 Å². The van der Waals surface area contributed by atoms with E-state index in [0.29, 0.717) is 43.5 Å². The van der Waals surface area contributed by atoms with Crippen LogP contribution in [0.4, 0.5) is 11.6 Å². The van der Waals surface area contributed by atoms with Crippen molar-refractivity contribution in [2.24, 2.45) is 5.92 Å². The van der Waals surface area contributed by atoms with Crippen molar-refractivity contribution in [1.82, 2.24) is 20.8 Å². The normalized spacial score (nSPS) is 14.5. The van der Waals surface area contributed by atoms with E-state index in [1.54, 1.807) is 30.6 Å². The number of anilines is 2. The maximum atomic E-state index is 12.5.